The van der Waals surface area contributed by atoms with Crippen LogP contribution in [0.2, 0.25) is 0 Å². The largest absolute Gasteiger partial charge is 0.505 e. The molecule has 0 radical (unpaired) electrons. The minimum Gasteiger partial charge on any atom is -0.505 e. The number of benzene rings is 1. The fraction of sp³-hybridized carbons (Fsp3) is 0.235. The van der Waals surface area contributed by atoms with Gasteiger partial charge in [-0.3, -0.25) is 9.59 Å². The zero-order valence-corrected chi connectivity index (χ0v) is 13.6. The monoisotopic (exact) mass is 349 g/mol. The molecule has 0 saturated heterocycles. The number of phenolic OH excluding ortho intramolecular Hbond substituents is 1. The summed E-state index contributed by atoms with van der Waals surface area (Å²) in [6.45, 7) is 1.54. The third-order valence-electron chi connectivity index (χ3n) is 3.54. The molecule has 7 nitrogen and oxygen atoms in total. The Morgan fingerprint density at radius 1 is 1.36 bits per heavy atom. The lowest BCUT2D eigenvalue weighted by Crippen LogP contribution is -2.14. The Bertz CT molecular complexity index is 810. The van der Waals surface area contributed by atoms with Gasteiger partial charge in [0.1, 0.15) is 5.71 Å². The standard InChI is InChI=1S/C17H16FNO6/c1-9-7-10(3-6-14(21)24-2)16(22)15(18)17(9)25-13-8-11(20)4-5-12(13)19-23/h4-5,7-8,22-23H,3,6H2,1-2H3/b19-12+. The number of halogens is 1. The topological polar surface area (TPSA) is 105 Å². The molecule has 0 aliphatic heterocycles. The highest BCUT2D eigenvalue weighted by Crippen LogP contribution is 2.35. The van der Waals surface area contributed by atoms with Crippen molar-refractivity contribution < 1.29 is 33.8 Å². The molecule has 1 aliphatic carbocycles. The van der Waals surface area contributed by atoms with Crippen molar-refractivity contribution >= 4 is 17.5 Å². The van der Waals surface area contributed by atoms with E-state index in [1.165, 1.54) is 32.3 Å². The lowest BCUT2D eigenvalue weighted by atomic mass is 10.0. The molecule has 8 heteroatoms. The molecular weight excluding hydrogens is 333 g/mol. The van der Waals surface area contributed by atoms with Crippen LogP contribution in [0.3, 0.4) is 0 Å². The van der Waals surface area contributed by atoms with Gasteiger partial charge >= 0.3 is 5.97 Å². The number of aromatic hydroxyl groups is 1. The molecule has 1 aliphatic rings. The van der Waals surface area contributed by atoms with Crippen LogP contribution in [0, 0.1) is 12.7 Å². The third kappa shape index (κ3) is 4.03. The van der Waals surface area contributed by atoms with Crippen molar-refractivity contribution in [3.8, 4) is 11.5 Å². The summed E-state index contributed by atoms with van der Waals surface area (Å²) in [5.41, 5.74) is 0.486. The van der Waals surface area contributed by atoms with Crippen LogP contribution in [0.15, 0.2) is 35.2 Å². The first kappa shape index (κ1) is 18.2. The first-order chi connectivity index (χ1) is 11.9. The minimum atomic E-state index is -1.04. The van der Waals surface area contributed by atoms with E-state index in [9.17, 15) is 19.1 Å². The molecule has 0 atom stereocenters. The number of carbonyl (C=O) groups is 2. The van der Waals surface area contributed by atoms with Gasteiger partial charge in [-0.25, -0.2) is 0 Å². The van der Waals surface area contributed by atoms with E-state index in [-0.39, 0.29) is 35.6 Å². The van der Waals surface area contributed by atoms with Crippen LogP contribution in [0.4, 0.5) is 4.39 Å². The van der Waals surface area contributed by atoms with E-state index in [2.05, 4.69) is 9.89 Å². The van der Waals surface area contributed by atoms with E-state index in [0.29, 0.717) is 5.56 Å². The molecule has 0 saturated carbocycles. The molecular formula is C17H16FNO6. The van der Waals surface area contributed by atoms with E-state index in [1.807, 2.05) is 0 Å². The van der Waals surface area contributed by atoms with Crippen LogP contribution < -0.4 is 4.74 Å². The second-order valence-electron chi connectivity index (χ2n) is 5.25. The Labute approximate surface area is 142 Å². The summed E-state index contributed by atoms with van der Waals surface area (Å²) in [6.07, 6.45) is 3.49. The summed E-state index contributed by atoms with van der Waals surface area (Å²) in [5, 5.41) is 21.9. The van der Waals surface area contributed by atoms with Gasteiger partial charge in [0.25, 0.3) is 0 Å². The smallest absolute Gasteiger partial charge is 0.305 e. The number of aryl methyl sites for hydroxylation is 2. The average Bonchev–Trinajstić information content (AvgIpc) is 2.60. The van der Waals surface area contributed by atoms with E-state index in [4.69, 9.17) is 9.94 Å². The molecule has 0 unspecified atom stereocenters. The predicted molar refractivity (Wildman–Crippen MR) is 85.2 cm³/mol. The Balaban J connectivity index is 2.32. The Kier molecular flexibility index (Phi) is 5.53. The molecule has 0 bridgehead atoms. The lowest BCUT2D eigenvalue weighted by molar-refractivity contribution is -0.140. The Morgan fingerprint density at radius 2 is 2.08 bits per heavy atom. The van der Waals surface area contributed by atoms with Crippen LogP contribution in [0.25, 0.3) is 0 Å². The molecule has 0 aromatic heterocycles. The van der Waals surface area contributed by atoms with Gasteiger partial charge in [0.05, 0.1) is 7.11 Å². The average molecular weight is 349 g/mol. The number of nitrogens with zero attached hydrogens (tertiary/aromatic N) is 1. The first-order valence-corrected chi connectivity index (χ1v) is 7.29. The highest BCUT2D eigenvalue weighted by atomic mass is 19.1. The zero-order chi connectivity index (χ0) is 18.6. The highest BCUT2D eigenvalue weighted by molar-refractivity contribution is 6.18. The molecule has 25 heavy (non-hydrogen) atoms. The lowest BCUT2D eigenvalue weighted by Gasteiger charge is -2.16. The number of methoxy groups -OCH3 is 1. The summed E-state index contributed by atoms with van der Waals surface area (Å²) in [6, 6.07) is 1.47. The maximum absolute atomic E-state index is 14.5. The van der Waals surface area contributed by atoms with Crippen molar-refractivity contribution in [3.05, 3.63) is 47.0 Å². The summed E-state index contributed by atoms with van der Waals surface area (Å²) < 4.78 is 24.3. The van der Waals surface area contributed by atoms with Gasteiger partial charge < -0.3 is 19.8 Å². The van der Waals surface area contributed by atoms with Gasteiger partial charge in [-0.05, 0) is 42.7 Å². The van der Waals surface area contributed by atoms with Gasteiger partial charge in [-0.2, -0.15) is 4.39 Å². The van der Waals surface area contributed by atoms with Crippen LogP contribution in [-0.4, -0.2) is 34.9 Å². The Hall–Kier alpha value is -3.16. The number of phenols is 1. The molecule has 0 heterocycles. The molecule has 132 valence electrons. The number of ether oxygens (including phenoxy) is 2. The van der Waals surface area contributed by atoms with E-state index >= 15 is 0 Å². The number of hydrogen-bond donors (Lipinski definition) is 2. The SMILES string of the molecule is COC(=O)CCc1cc(C)c(OC2=CC(=O)C=C/C2=N\O)c(F)c1O. The Morgan fingerprint density at radius 3 is 2.72 bits per heavy atom. The van der Waals surface area contributed by atoms with E-state index in [1.54, 1.807) is 0 Å². The number of allylic oxidation sites excluding steroid dienone is 3. The summed E-state index contributed by atoms with van der Waals surface area (Å²) in [4.78, 5) is 22.6. The van der Waals surface area contributed by atoms with Gasteiger partial charge in [-0.1, -0.05) is 5.16 Å². The molecule has 2 N–H and O–H groups in total. The fourth-order valence-corrected chi connectivity index (χ4v) is 2.24. The van der Waals surface area contributed by atoms with Crippen LogP contribution >= 0.6 is 0 Å². The van der Waals surface area contributed by atoms with Crippen molar-refractivity contribution in [2.24, 2.45) is 5.16 Å². The van der Waals surface area contributed by atoms with Crippen LogP contribution in [-0.2, 0) is 20.7 Å². The van der Waals surface area contributed by atoms with Crippen molar-refractivity contribution in [3.63, 3.8) is 0 Å². The number of oxime groups is 1. The number of rotatable bonds is 5. The van der Waals surface area contributed by atoms with Crippen molar-refractivity contribution in [2.45, 2.75) is 19.8 Å². The normalized spacial score (nSPS) is 15.2. The molecule has 1 aromatic rings. The van der Waals surface area contributed by atoms with Crippen LogP contribution in [0.1, 0.15) is 17.5 Å². The zero-order valence-electron chi connectivity index (χ0n) is 13.6. The second kappa shape index (κ2) is 7.61. The summed E-state index contributed by atoms with van der Waals surface area (Å²) >= 11 is 0. The molecule has 2 rings (SSSR count). The first-order valence-electron chi connectivity index (χ1n) is 7.29. The third-order valence-corrected chi connectivity index (χ3v) is 3.54. The number of ketones is 1. The quantitative estimate of drug-likeness (QED) is 0.365. The van der Waals surface area contributed by atoms with E-state index in [0.717, 1.165) is 6.08 Å². The summed E-state index contributed by atoms with van der Waals surface area (Å²) in [7, 11) is 1.24. The van der Waals surface area contributed by atoms with Crippen LogP contribution in [0.5, 0.6) is 11.5 Å². The van der Waals surface area contributed by atoms with Crippen molar-refractivity contribution in [1.29, 1.82) is 0 Å². The van der Waals surface area contributed by atoms with Gasteiger partial charge in [-0.15, -0.1) is 0 Å². The van der Waals surface area contributed by atoms with Crippen molar-refractivity contribution in [2.75, 3.05) is 7.11 Å². The summed E-state index contributed by atoms with van der Waals surface area (Å²) in [5.74, 6) is -3.07. The van der Waals surface area contributed by atoms with Crippen molar-refractivity contribution in [1.82, 2.24) is 0 Å². The maximum Gasteiger partial charge on any atom is 0.305 e. The number of esters is 1. The maximum atomic E-state index is 14.5. The number of hydrogen-bond acceptors (Lipinski definition) is 7. The van der Waals surface area contributed by atoms with Gasteiger partial charge in [0.2, 0.25) is 5.82 Å². The highest BCUT2D eigenvalue weighted by Gasteiger charge is 2.22. The van der Waals surface area contributed by atoms with E-state index < -0.39 is 23.3 Å². The number of carbonyl (C=O) groups excluding carboxylic acids is 2. The predicted octanol–water partition coefficient (Wildman–Crippen LogP) is 2.18. The van der Waals surface area contributed by atoms with Gasteiger partial charge in [0.15, 0.2) is 23.0 Å². The molecule has 0 fully saturated rings. The minimum absolute atomic E-state index is 0.0189. The fourth-order valence-electron chi connectivity index (χ4n) is 2.24. The molecule has 1 aromatic carbocycles. The van der Waals surface area contributed by atoms with Gasteiger partial charge in [0, 0.05) is 12.5 Å². The molecule has 0 spiro atoms. The second-order valence-corrected chi connectivity index (χ2v) is 5.25. The molecule has 0 amide bonds.